The number of H-pyrrole nitrogens is 3. The van der Waals surface area contributed by atoms with Gasteiger partial charge in [0.15, 0.2) is 0 Å². The number of nitrogens with one attached hydrogen (secondary N) is 3. The van der Waals surface area contributed by atoms with Gasteiger partial charge in [-0.3, -0.25) is 9.78 Å². The molecule has 1 spiro atoms. The zero-order chi connectivity index (χ0) is 19.1. The predicted octanol–water partition coefficient (Wildman–Crippen LogP) is 1.60. The molecule has 0 atom stereocenters. The first-order chi connectivity index (χ1) is 13.6. The molecule has 1 aromatic carbocycles. The number of carbonyl (C=O) groups is 1. The minimum atomic E-state index is -0.342. The maximum Gasteiger partial charge on any atom is 0.340 e. The van der Waals surface area contributed by atoms with Gasteiger partial charge in [0.1, 0.15) is 11.4 Å². The van der Waals surface area contributed by atoms with E-state index in [4.69, 9.17) is 4.74 Å². The second-order valence-corrected chi connectivity index (χ2v) is 7.62. The van der Waals surface area contributed by atoms with Gasteiger partial charge < -0.3 is 14.6 Å². The van der Waals surface area contributed by atoms with Crippen molar-refractivity contribution in [3.63, 3.8) is 0 Å². The fourth-order valence-electron chi connectivity index (χ4n) is 4.59. The number of hydrogen-bond donors (Lipinski definition) is 3. The standard InChI is InChI=1S/C20H23N5O3/c26-17(6-5-16-22-19(27)24-23-16)25-10-8-20(9-11-25)18-14(7-12-28-20)13-3-1-2-4-15(13)21-18/h1-4,21H,5-12H2,(H2,22,23,24,27). The number of ether oxygens (including phenoxy) is 1. The van der Waals surface area contributed by atoms with E-state index in [0.29, 0.717) is 31.8 Å². The molecule has 2 aliphatic heterocycles. The van der Waals surface area contributed by atoms with Crippen molar-refractivity contribution in [3.05, 3.63) is 51.8 Å². The summed E-state index contributed by atoms with van der Waals surface area (Å²) in [6.45, 7) is 2.06. The van der Waals surface area contributed by atoms with Crippen molar-refractivity contribution in [1.29, 1.82) is 0 Å². The highest BCUT2D eigenvalue weighted by atomic mass is 16.5. The minimum absolute atomic E-state index is 0.0892. The van der Waals surface area contributed by atoms with Crippen molar-refractivity contribution >= 4 is 16.8 Å². The van der Waals surface area contributed by atoms with Crippen molar-refractivity contribution in [1.82, 2.24) is 25.1 Å². The summed E-state index contributed by atoms with van der Waals surface area (Å²) in [6, 6.07) is 8.40. The summed E-state index contributed by atoms with van der Waals surface area (Å²) in [5.74, 6) is 0.608. The molecule has 1 saturated heterocycles. The van der Waals surface area contributed by atoms with Gasteiger partial charge >= 0.3 is 5.69 Å². The van der Waals surface area contributed by atoms with E-state index in [-0.39, 0.29) is 17.2 Å². The quantitative estimate of drug-likeness (QED) is 0.641. The minimum Gasteiger partial charge on any atom is -0.368 e. The van der Waals surface area contributed by atoms with E-state index in [0.717, 1.165) is 31.4 Å². The molecule has 0 bridgehead atoms. The Bertz CT molecular complexity index is 1070. The number of para-hydroxylation sites is 1. The second-order valence-electron chi connectivity index (χ2n) is 7.62. The lowest BCUT2D eigenvalue weighted by Gasteiger charge is -2.43. The molecule has 0 radical (unpaired) electrons. The molecule has 28 heavy (non-hydrogen) atoms. The highest BCUT2D eigenvalue weighted by Gasteiger charge is 2.43. The van der Waals surface area contributed by atoms with Gasteiger partial charge in [0, 0.05) is 36.8 Å². The Kier molecular flexibility index (Phi) is 4.08. The summed E-state index contributed by atoms with van der Waals surface area (Å²) < 4.78 is 6.30. The number of aromatic amines is 3. The third-order valence-corrected chi connectivity index (χ3v) is 6.05. The van der Waals surface area contributed by atoms with Crippen LogP contribution in [0.5, 0.6) is 0 Å². The summed E-state index contributed by atoms with van der Waals surface area (Å²) >= 11 is 0. The molecule has 2 aromatic heterocycles. The Morgan fingerprint density at radius 2 is 2.04 bits per heavy atom. The van der Waals surface area contributed by atoms with Crippen molar-refractivity contribution in [2.24, 2.45) is 0 Å². The first-order valence-corrected chi connectivity index (χ1v) is 9.80. The molecular formula is C20H23N5O3. The topological polar surface area (TPSA) is 107 Å². The van der Waals surface area contributed by atoms with E-state index in [2.05, 4.69) is 38.4 Å². The predicted molar refractivity (Wildman–Crippen MR) is 103 cm³/mol. The molecule has 3 N–H and O–H groups in total. The van der Waals surface area contributed by atoms with Crippen LogP contribution in [0.4, 0.5) is 0 Å². The second kappa shape index (κ2) is 6.63. The van der Waals surface area contributed by atoms with Gasteiger partial charge in [-0.15, -0.1) is 0 Å². The largest absolute Gasteiger partial charge is 0.368 e. The third kappa shape index (κ3) is 2.84. The number of nitrogens with zero attached hydrogens (tertiary/aromatic N) is 2. The Hall–Kier alpha value is -2.87. The molecule has 1 fully saturated rings. The summed E-state index contributed by atoms with van der Waals surface area (Å²) in [7, 11) is 0. The maximum atomic E-state index is 12.6. The van der Waals surface area contributed by atoms with Gasteiger partial charge in [-0.05, 0) is 30.9 Å². The van der Waals surface area contributed by atoms with E-state index in [9.17, 15) is 9.59 Å². The Labute approximate surface area is 161 Å². The number of hydrogen-bond acceptors (Lipinski definition) is 4. The lowest BCUT2D eigenvalue weighted by molar-refractivity contribution is -0.141. The molecule has 4 heterocycles. The van der Waals surface area contributed by atoms with Gasteiger partial charge in [-0.1, -0.05) is 18.2 Å². The molecule has 5 rings (SSSR count). The van der Waals surface area contributed by atoms with Crippen LogP contribution in [0.15, 0.2) is 29.1 Å². The molecule has 8 nitrogen and oxygen atoms in total. The fraction of sp³-hybridized carbons (Fsp3) is 0.450. The molecule has 0 unspecified atom stereocenters. The number of benzene rings is 1. The monoisotopic (exact) mass is 381 g/mol. The average molecular weight is 381 g/mol. The van der Waals surface area contributed by atoms with Crippen LogP contribution < -0.4 is 5.69 Å². The van der Waals surface area contributed by atoms with Gasteiger partial charge in [-0.2, -0.15) is 5.10 Å². The number of aromatic nitrogens is 4. The smallest absolute Gasteiger partial charge is 0.340 e. The highest BCUT2D eigenvalue weighted by Crippen LogP contribution is 2.43. The van der Waals surface area contributed by atoms with E-state index < -0.39 is 0 Å². The molecule has 146 valence electrons. The number of likely N-dealkylation sites (tertiary alicyclic amines) is 1. The molecule has 3 aromatic rings. The van der Waals surface area contributed by atoms with E-state index in [1.54, 1.807) is 0 Å². The zero-order valence-corrected chi connectivity index (χ0v) is 15.6. The summed E-state index contributed by atoms with van der Waals surface area (Å²) in [6.07, 6.45) is 3.27. The summed E-state index contributed by atoms with van der Waals surface area (Å²) in [4.78, 5) is 31.8. The molecule has 1 amide bonds. The maximum absolute atomic E-state index is 12.6. The van der Waals surface area contributed by atoms with Crippen molar-refractivity contribution in [2.45, 2.75) is 37.7 Å². The number of amides is 1. The van der Waals surface area contributed by atoms with Gasteiger partial charge in [0.2, 0.25) is 5.91 Å². The Balaban J connectivity index is 1.29. The van der Waals surface area contributed by atoms with Gasteiger partial charge in [0.25, 0.3) is 0 Å². The highest BCUT2D eigenvalue weighted by molar-refractivity contribution is 5.85. The first kappa shape index (κ1) is 17.2. The number of aryl methyl sites for hydroxylation is 1. The SMILES string of the molecule is O=C(CCc1n[nH]c(=O)[nH]1)N1CCC2(CC1)OCCc1c2[nH]c2ccccc12. The first-order valence-electron chi connectivity index (χ1n) is 9.80. The molecule has 2 aliphatic rings. The Morgan fingerprint density at radius 1 is 1.21 bits per heavy atom. The number of rotatable bonds is 3. The number of fused-ring (bicyclic) bond motifs is 4. The van der Waals surface area contributed by atoms with Crippen LogP contribution >= 0.6 is 0 Å². The molecular weight excluding hydrogens is 358 g/mol. The van der Waals surface area contributed by atoms with Crippen LogP contribution in [0.2, 0.25) is 0 Å². The molecule has 8 heteroatoms. The van der Waals surface area contributed by atoms with E-state index in [1.165, 1.54) is 16.6 Å². The van der Waals surface area contributed by atoms with Crippen molar-refractivity contribution in [2.75, 3.05) is 19.7 Å². The lowest BCUT2D eigenvalue weighted by atomic mass is 9.83. The normalized spacial score (nSPS) is 18.5. The third-order valence-electron chi connectivity index (χ3n) is 6.05. The van der Waals surface area contributed by atoms with Crippen LogP contribution in [0.3, 0.4) is 0 Å². The summed E-state index contributed by atoms with van der Waals surface area (Å²) in [5, 5.41) is 7.47. The van der Waals surface area contributed by atoms with Crippen LogP contribution in [-0.4, -0.2) is 50.7 Å². The van der Waals surface area contributed by atoms with Gasteiger partial charge in [-0.25, -0.2) is 9.89 Å². The average Bonchev–Trinajstić information content (AvgIpc) is 3.31. The Morgan fingerprint density at radius 3 is 2.82 bits per heavy atom. The van der Waals surface area contributed by atoms with Crippen LogP contribution in [0.25, 0.3) is 10.9 Å². The number of piperidine rings is 1. The number of carbonyl (C=O) groups excluding carboxylic acids is 1. The van der Waals surface area contributed by atoms with Crippen molar-refractivity contribution < 1.29 is 9.53 Å². The van der Waals surface area contributed by atoms with E-state index in [1.807, 2.05) is 11.0 Å². The van der Waals surface area contributed by atoms with Crippen LogP contribution in [0.1, 0.15) is 36.3 Å². The molecule has 0 saturated carbocycles. The zero-order valence-electron chi connectivity index (χ0n) is 15.6. The fourth-order valence-corrected chi connectivity index (χ4v) is 4.59. The summed E-state index contributed by atoms with van der Waals surface area (Å²) in [5.41, 5.74) is 3.05. The molecule has 0 aliphatic carbocycles. The van der Waals surface area contributed by atoms with Crippen molar-refractivity contribution in [3.8, 4) is 0 Å². The lowest BCUT2D eigenvalue weighted by Crippen LogP contribution is -2.48. The van der Waals surface area contributed by atoms with Gasteiger partial charge in [0.05, 0.1) is 12.3 Å². The van der Waals surface area contributed by atoms with Crippen LogP contribution in [-0.2, 0) is 28.0 Å². The van der Waals surface area contributed by atoms with Crippen LogP contribution in [0, 0.1) is 0 Å². The van der Waals surface area contributed by atoms with E-state index >= 15 is 0 Å².